The molecular weight excluding hydrogens is 573 g/mol. The summed E-state index contributed by atoms with van der Waals surface area (Å²) in [5.41, 5.74) is -1.57. The number of alkyl halides is 3. The average molecular weight is 592 g/mol. The number of anilines is 2. The minimum absolute atomic E-state index is 0.107. The standard InChI is InChI=1S/C23H19BrClF3N2O4S/c1-2-34-18-8-6-17(7-9-18)30(35(32,33)19-10-3-15(24)4-11-19)14-22(31)29-21-12-5-16(25)13-20(21)23(26,27)28/h3-13H,2,14H2,1H3,(H,29,31). The molecular formula is C23H19BrClF3N2O4S. The van der Waals surface area contributed by atoms with Gasteiger partial charge in [-0.1, -0.05) is 27.5 Å². The first-order valence-corrected chi connectivity index (χ1v) is 12.7. The molecule has 6 nitrogen and oxygen atoms in total. The minimum atomic E-state index is -4.79. The lowest BCUT2D eigenvalue weighted by atomic mass is 10.1. The van der Waals surface area contributed by atoms with Crippen LogP contribution >= 0.6 is 27.5 Å². The second-order valence-corrected chi connectivity index (χ2v) is 10.3. The van der Waals surface area contributed by atoms with Crippen LogP contribution in [0.15, 0.2) is 76.1 Å². The normalized spacial score (nSPS) is 11.7. The van der Waals surface area contributed by atoms with Crippen LogP contribution in [0.1, 0.15) is 12.5 Å². The van der Waals surface area contributed by atoms with Crippen molar-refractivity contribution in [2.75, 3.05) is 22.8 Å². The predicted octanol–water partition coefficient (Wildman–Crippen LogP) is 6.35. The van der Waals surface area contributed by atoms with E-state index in [0.29, 0.717) is 22.9 Å². The number of benzene rings is 3. The molecule has 0 bridgehead atoms. The van der Waals surface area contributed by atoms with E-state index in [1.54, 1.807) is 6.92 Å². The average Bonchev–Trinajstić information content (AvgIpc) is 2.79. The van der Waals surface area contributed by atoms with Crippen LogP contribution in [0.3, 0.4) is 0 Å². The van der Waals surface area contributed by atoms with Crippen molar-refractivity contribution in [1.29, 1.82) is 0 Å². The quantitative estimate of drug-likeness (QED) is 0.331. The second-order valence-electron chi connectivity index (χ2n) is 7.13. The number of hydrogen-bond acceptors (Lipinski definition) is 4. The summed E-state index contributed by atoms with van der Waals surface area (Å²) in [5.74, 6) is -0.495. The van der Waals surface area contributed by atoms with Gasteiger partial charge in [0.1, 0.15) is 12.3 Å². The summed E-state index contributed by atoms with van der Waals surface area (Å²) >= 11 is 8.92. The Kier molecular flexibility index (Phi) is 8.34. The van der Waals surface area contributed by atoms with Gasteiger partial charge in [0.15, 0.2) is 0 Å². The maximum Gasteiger partial charge on any atom is 0.418 e. The van der Waals surface area contributed by atoms with Gasteiger partial charge in [-0.15, -0.1) is 0 Å². The first-order chi connectivity index (χ1) is 16.4. The smallest absolute Gasteiger partial charge is 0.418 e. The van der Waals surface area contributed by atoms with Crippen molar-refractivity contribution in [2.45, 2.75) is 18.0 Å². The van der Waals surface area contributed by atoms with Gasteiger partial charge < -0.3 is 10.1 Å². The lowest BCUT2D eigenvalue weighted by Gasteiger charge is -2.25. The Balaban J connectivity index is 1.97. The number of halogens is 5. The summed E-state index contributed by atoms with van der Waals surface area (Å²) < 4.78 is 73.9. The topological polar surface area (TPSA) is 75.7 Å². The lowest BCUT2D eigenvalue weighted by molar-refractivity contribution is -0.137. The Morgan fingerprint density at radius 3 is 2.26 bits per heavy atom. The van der Waals surface area contributed by atoms with E-state index in [4.69, 9.17) is 16.3 Å². The lowest BCUT2D eigenvalue weighted by Crippen LogP contribution is -2.38. The molecule has 0 aromatic heterocycles. The fraction of sp³-hybridized carbons (Fsp3) is 0.174. The van der Waals surface area contributed by atoms with Gasteiger partial charge in [-0.05, 0) is 73.7 Å². The van der Waals surface area contributed by atoms with Crippen molar-refractivity contribution in [2.24, 2.45) is 0 Å². The molecule has 0 aliphatic rings. The fourth-order valence-electron chi connectivity index (χ4n) is 3.10. The molecule has 0 saturated heterocycles. The number of ether oxygens (including phenoxy) is 1. The van der Waals surface area contributed by atoms with Crippen LogP contribution in [0.25, 0.3) is 0 Å². The van der Waals surface area contributed by atoms with Crippen molar-refractivity contribution < 1.29 is 31.1 Å². The molecule has 1 amide bonds. The SMILES string of the molecule is CCOc1ccc(N(CC(=O)Nc2ccc(Cl)cc2C(F)(F)F)S(=O)(=O)c2ccc(Br)cc2)cc1. The van der Waals surface area contributed by atoms with Gasteiger partial charge in [-0.3, -0.25) is 9.10 Å². The number of sulfonamides is 1. The van der Waals surface area contributed by atoms with E-state index < -0.39 is 39.9 Å². The van der Waals surface area contributed by atoms with Gasteiger partial charge in [0.2, 0.25) is 5.91 Å². The van der Waals surface area contributed by atoms with E-state index in [1.165, 1.54) is 54.6 Å². The molecule has 0 heterocycles. The van der Waals surface area contributed by atoms with Crippen molar-refractivity contribution >= 4 is 54.8 Å². The number of nitrogens with one attached hydrogen (secondary N) is 1. The monoisotopic (exact) mass is 590 g/mol. The van der Waals surface area contributed by atoms with Crippen LogP contribution in [-0.2, 0) is 21.0 Å². The van der Waals surface area contributed by atoms with Crippen LogP contribution in [-0.4, -0.2) is 27.5 Å². The number of hydrogen-bond donors (Lipinski definition) is 1. The third-order valence-electron chi connectivity index (χ3n) is 4.69. The minimum Gasteiger partial charge on any atom is -0.494 e. The number of rotatable bonds is 8. The molecule has 0 radical (unpaired) electrons. The van der Waals surface area contributed by atoms with Crippen LogP contribution < -0.4 is 14.4 Å². The van der Waals surface area contributed by atoms with E-state index in [9.17, 15) is 26.4 Å². The van der Waals surface area contributed by atoms with Gasteiger partial charge >= 0.3 is 6.18 Å². The molecule has 3 rings (SSSR count). The van der Waals surface area contributed by atoms with E-state index in [1.807, 2.05) is 0 Å². The van der Waals surface area contributed by atoms with E-state index in [2.05, 4.69) is 21.2 Å². The number of carbonyl (C=O) groups excluding carboxylic acids is 1. The van der Waals surface area contributed by atoms with Crippen LogP contribution in [0, 0.1) is 0 Å². The Labute approximate surface area is 213 Å². The van der Waals surface area contributed by atoms with E-state index in [0.717, 1.165) is 10.4 Å². The van der Waals surface area contributed by atoms with Gasteiger partial charge in [0.25, 0.3) is 10.0 Å². The summed E-state index contributed by atoms with van der Waals surface area (Å²) in [7, 11) is -4.26. The highest BCUT2D eigenvalue weighted by Crippen LogP contribution is 2.36. The summed E-state index contributed by atoms with van der Waals surface area (Å²) in [6, 6.07) is 14.6. The summed E-state index contributed by atoms with van der Waals surface area (Å²) in [5, 5.41) is 1.99. The highest BCUT2D eigenvalue weighted by Gasteiger charge is 2.35. The molecule has 3 aromatic carbocycles. The summed E-state index contributed by atoms with van der Waals surface area (Å²) in [6.45, 7) is 1.39. The van der Waals surface area contributed by atoms with Gasteiger partial charge in [-0.25, -0.2) is 8.42 Å². The molecule has 0 saturated carbocycles. The third-order valence-corrected chi connectivity index (χ3v) is 7.24. The Hall–Kier alpha value is -2.76. The number of nitrogens with zero attached hydrogens (tertiary/aromatic N) is 1. The molecule has 0 aliphatic carbocycles. The predicted molar refractivity (Wildman–Crippen MR) is 131 cm³/mol. The zero-order chi connectivity index (χ0) is 25.8. The van der Waals surface area contributed by atoms with Gasteiger partial charge in [0.05, 0.1) is 28.4 Å². The van der Waals surface area contributed by atoms with Crippen molar-refractivity contribution in [3.05, 3.63) is 81.8 Å². The van der Waals surface area contributed by atoms with Crippen LogP contribution in [0.5, 0.6) is 5.75 Å². The highest BCUT2D eigenvalue weighted by atomic mass is 79.9. The summed E-state index contributed by atoms with van der Waals surface area (Å²) in [4.78, 5) is 12.7. The van der Waals surface area contributed by atoms with E-state index >= 15 is 0 Å². The molecule has 0 atom stereocenters. The number of amides is 1. The Morgan fingerprint density at radius 1 is 1.06 bits per heavy atom. The zero-order valence-corrected chi connectivity index (χ0v) is 21.3. The zero-order valence-electron chi connectivity index (χ0n) is 18.1. The third kappa shape index (κ3) is 6.68. The van der Waals surface area contributed by atoms with Gasteiger partial charge in [-0.2, -0.15) is 13.2 Å². The molecule has 0 aliphatic heterocycles. The first-order valence-electron chi connectivity index (χ1n) is 10.1. The van der Waals surface area contributed by atoms with Crippen molar-refractivity contribution in [1.82, 2.24) is 0 Å². The van der Waals surface area contributed by atoms with E-state index in [-0.39, 0.29) is 15.6 Å². The maximum atomic E-state index is 13.4. The second kappa shape index (κ2) is 10.9. The molecule has 12 heteroatoms. The Morgan fingerprint density at radius 2 is 1.69 bits per heavy atom. The molecule has 35 heavy (non-hydrogen) atoms. The molecule has 1 N–H and O–H groups in total. The van der Waals surface area contributed by atoms with Crippen molar-refractivity contribution in [3.63, 3.8) is 0 Å². The van der Waals surface area contributed by atoms with Crippen LogP contribution in [0.4, 0.5) is 24.5 Å². The molecule has 0 fully saturated rings. The molecule has 0 spiro atoms. The van der Waals surface area contributed by atoms with Gasteiger partial charge in [0, 0.05) is 9.50 Å². The highest BCUT2D eigenvalue weighted by molar-refractivity contribution is 9.10. The largest absolute Gasteiger partial charge is 0.494 e. The number of carbonyl (C=O) groups is 1. The summed E-state index contributed by atoms with van der Waals surface area (Å²) in [6.07, 6.45) is -4.79. The fourth-order valence-corrected chi connectivity index (χ4v) is 4.96. The first kappa shape index (κ1) is 26.8. The van der Waals surface area contributed by atoms with Crippen molar-refractivity contribution in [3.8, 4) is 5.75 Å². The molecule has 3 aromatic rings. The Bertz CT molecular complexity index is 1300. The van der Waals surface area contributed by atoms with Crippen LogP contribution in [0.2, 0.25) is 5.02 Å². The molecule has 0 unspecified atom stereocenters. The maximum absolute atomic E-state index is 13.4. The molecule has 186 valence electrons.